The van der Waals surface area contributed by atoms with Gasteiger partial charge in [0.25, 0.3) is 5.56 Å². The first kappa shape index (κ1) is 33.6. The van der Waals surface area contributed by atoms with Gasteiger partial charge in [-0.3, -0.25) is 4.79 Å². The van der Waals surface area contributed by atoms with Crippen LogP contribution in [0.15, 0.2) is 95.8 Å². The van der Waals surface area contributed by atoms with Gasteiger partial charge in [0.2, 0.25) is 0 Å². The van der Waals surface area contributed by atoms with E-state index in [1.54, 1.807) is 18.2 Å². The molecule has 0 radical (unpaired) electrons. The fraction of sp³-hybridized carbons (Fsp3) is 0.350. The number of fused-ring (bicyclic) bond motifs is 1. The second-order valence-corrected chi connectivity index (χ2v) is 13.4. The van der Waals surface area contributed by atoms with Crippen LogP contribution in [0, 0.1) is 0 Å². The van der Waals surface area contributed by atoms with Gasteiger partial charge < -0.3 is 9.47 Å². The molecule has 0 unspecified atom stereocenters. The number of hydrogen-bond acceptors (Lipinski definition) is 6. The van der Waals surface area contributed by atoms with Crippen LogP contribution in [0.25, 0.3) is 10.9 Å². The minimum atomic E-state index is -0.481. The van der Waals surface area contributed by atoms with Crippen molar-refractivity contribution < 1.29 is 14.3 Å². The molecule has 0 spiro atoms. The molecule has 1 aromatic heterocycles. The van der Waals surface area contributed by atoms with Gasteiger partial charge in [0.1, 0.15) is 24.5 Å². The number of aromatic nitrogens is 3. The van der Waals surface area contributed by atoms with Crippen LogP contribution in [0.4, 0.5) is 0 Å². The van der Waals surface area contributed by atoms with Crippen molar-refractivity contribution in [1.29, 1.82) is 0 Å². The number of esters is 1. The van der Waals surface area contributed by atoms with Crippen LogP contribution in [-0.2, 0) is 28.5 Å². The third-order valence-corrected chi connectivity index (χ3v) is 9.43. The summed E-state index contributed by atoms with van der Waals surface area (Å²) in [5.74, 6) is 0.329. The molecule has 244 valence electrons. The van der Waals surface area contributed by atoms with E-state index in [9.17, 15) is 9.59 Å². The maximum absolute atomic E-state index is 13.5. The van der Waals surface area contributed by atoms with Crippen molar-refractivity contribution in [2.45, 2.75) is 78.2 Å². The Morgan fingerprint density at radius 2 is 1.51 bits per heavy atom. The van der Waals surface area contributed by atoms with Crippen LogP contribution in [-0.4, -0.2) is 34.2 Å². The Balaban J connectivity index is 1.28. The van der Waals surface area contributed by atoms with E-state index in [0.717, 1.165) is 35.3 Å². The van der Waals surface area contributed by atoms with Crippen molar-refractivity contribution in [3.63, 3.8) is 0 Å². The highest BCUT2D eigenvalue weighted by Gasteiger charge is 2.26. The van der Waals surface area contributed by atoms with Crippen LogP contribution in [0.2, 0.25) is 0 Å². The number of ether oxygens (including phenoxy) is 2. The zero-order chi connectivity index (χ0) is 33.6. The van der Waals surface area contributed by atoms with Gasteiger partial charge in [0.05, 0.1) is 17.5 Å². The number of carbonyl (C=O) groups excluding carboxylic acids is 1. The van der Waals surface area contributed by atoms with Crippen LogP contribution in [0.3, 0.4) is 0 Å². The summed E-state index contributed by atoms with van der Waals surface area (Å²) in [5.41, 5.74) is 5.87. The largest absolute Gasteiger partial charge is 0.490 e. The van der Waals surface area contributed by atoms with E-state index in [1.165, 1.54) is 10.2 Å². The first-order valence-corrected chi connectivity index (χ1v) is 16.5. The third kappa shape index (κ3) is 7.79. The first-order chi connectivity index (χ1) is 22.5. The molecule has 0 fully saturated rings. The van der Waals surface area contributed by atoms with Crippen molar-refractivity contribution >= 4 is 16.9 Å². The molecule has 0 N–H and O–H groups in total. The summed E-state index contributed by atoms with van der Waals surface area (Å²) >= 11 is 0. The SMILES string of the molecule is CCC(C)(C)c1ccc(OCCOC(=O)c2ccccc2Cn2nnc3ccc(Cc4ccccc4)cc3c2=O)c(C(C)(C)CC)c1. The quantitative estimate of drug-likeness (QED) is 0.0966. The number of benzene rings is 4. The Labute approximate surface area is 277 Å². The summed E-state index contributed by atoms with van der Waals surface area (Å²) in [7, 11) is 0. The van der Waals surface area contributed by atoms with E-state index in [1.807, 2.05) is 48.5 Å². The number of nitrogens with zero attached hydrogens (tertiary/aromatic N) is 3. The topological polar surface area (TPSA) is 83.3 Å². The molecule has 47 heavy (non-hydrogen) atoms. The van der Waals surface area contributed by atoms with E-state index in [0.29, 0.717) is 28.5 Å². The molecule has 1 heterocycles. The Bertz CT molecular complexity index is 1910. The summed E-state index contributed by atoms with van der Waals surface area (Å²) in [5, 5.41) is 8.94. The van der Waals surface area contributed by atoms with E-state index < -0.39 is 5.97 Å². The minimum absolute atomic E-state index is 0.0644. The van der Waals surface area contributed by atoms with Crippen LogP contribution < -0.4 is 10.3 Å². The fourth-order valence-electron chi connectivity index (χ4n) is 5.55. The Kier molecular flexibility index (Phi) is 10.2. The molecule has 0 atom stereocenters. The Morgan fingerprint density at radius 1 is 0.787 bits per heavy atom. The lowest BCUT2D eigenvalue weighted by molar-refractivity contribution is 0.0447. The highest BCUT2D eigenvalue weighted by Crippen LogP contribution is 2.38. The second kappa shape index (κ2) is 14.3. The summed E-state index contributed by atoms with van der Waals surface area (Å²) in [6.45, 7) is 13.7. The van der Waals surface area contributed by atoms with E-state index in [2.05, 4.69) is 76.1 Å². The molecule has 0 saturated carbocycles. The molecule has 5 rings (SSSR count). The van der Waals surface area contributed by atoms with Crippen molar-refractivity contribution in [3.8, 4) is 5.75 Å². The molecule has 0 amide bonds. The van der Waals surface area contributed by atoms with Crippen molar-refractivity contribution in [1.82, 2.24) is 15.0 Å². The molecule has 7 heteroatoms. The van der Waals surface area contributed by atoms with E-state index in [-0.39, 0.29) is 36.1 Å². The average Bonchev–Trinajstić information content (AvgIpc) is 3.08. The summed E-state index contributed by atoms with van der Waals surface area (Å²) in [4.78, 5) is 26.7. The second-order valence-electron chi connectivity index (χ2n) is 13.4. The lowest BCUT2D eigenvalue weighted by Crippen LogP contribution is -2.26. The molecule has 0 bridgehead atoms. The lowest BCUT2D eigenvalue weighted by Gasteiger charge is -2.30. The normalized spacial score (nSPS) is 11.9. The number of hydrogen-bond donors (Lipinski definition) is 0. The lowest BCUT2D eigenvalue weighted by atomic mass is 9.76. The Morgan fingerprint density at radius 3 is 2.26 bits per heavy atom. The van der Waals surface area contributed by atoms with Gasteiger partial charge in [0.15, 0.2) is 0 Å². The van der Waals surface area contributed by atoms with Gasteiger partial charge in [-0.25, -0.2) is 9.48 Å². The molecule has 0 saturated heterocycles. The van der Waals surface area contributed by atoms with Crippen molar-refractivity contribution in [2.75, 3.05) is 13.2 Å². The molecule has 0 aliphatic heterocycles. The van der Waals surface area contributed by atoms with Crippen LogP contribution in [0.5, 0.6) is 5.75 Å². The zero-order valence-corrected chi connectivity index (χ0v) is 28.4. The van der Waals surface area contributed by atoms with E-state index in [4.69, 9.17) is 9.47 Å². The molecule has 5 aromatic rings. The molecule has 0 aliphatic rings. The molecular weight excluding hydrogens is 586 g/mol. The van der Waals surface area contributed by atoms with Gasteiger partial charge in [0, 0.05) is 5.56 Å². The van der Waals surface area contributed by atoms with E-state index >= 15 is 0 Å². The maximum Gasteiger partial charge on any atom is 0.338 e. The number of rotatable bonds is 13. The highest BCUT2D eigenvalue weighted by atomic mass is 16.6. The monoisotopic (exact) mass is 631 g/mol. The van der Waals surface area contributed by atoms with Gasteiger partial charge in [-0.05, 0) is 76.6 Å². The smallest absolute Gasteiger partial charge is 0.338 e. The van der Waals surface area contributed by atoms with Gasteiger partial charge in [-0.15, -0.1) is 5.10 Å². The molecule has 0 aliphatic carbocycles. The fourth-order valence-corrected chi connectivity index (χ4v) is 5.55. The van der Waals surface area contributed by atoms with Crippen molar-refractivity contribution in [2.24, 2.45) is 0 Å². The predicted octanol–water partition coefficient (Wildman–Crippen LogP) is 8.04. The standard InChI is InChI=1S/C40H45N3O4/c1-7-39(3,4)31-19-21-36(34(26-31)40(5,6)8-2)46-22-23-47-38(45)32-17-13-12-16-30(32)27-43-37(44)33-25-29(18-20-35(33)41-42-43)24-28-14-10-9-11-15-28/h9-21,25-26H,7-8,22-24,27H2,1-6H3. The maximum atomic E-state index is 13.5. The highest BCUT2D eigenvalue weighted by molar-refractivity contribution is 5.91. The van der Waals surface area contributed by atoms with Gasteiger partial charge >= 0.3 is 5.97 Å². The summed E-state index contributed by atoms with van der Waals surface area (Å²) in [6, 6.07) is 29.3. The van der Waals surface area contributed by atoms with Crippen LogP contribution in [0.1, 0.15) is 92.6 Å². The number of carbonyl (C=O) groups is 1. The predicted molar refractivity (Wildman–Crippen MR) is 187 cm³/mol. The third-order valence-electron chi connectivity index (χ3n) is 9.43. The van der Waals surface area contributed by atoms with Crippen LogP contribution >= 0.6 is 0 Å². The molecule has 7 nitrogen and oxygen atoms in total. The first-order valence-electron chi connectivity index (χ1n) is 16.5. The zero-order valence-electron chi connectivity index (χ0n) is 28.4. The minimum Gasteiger partial charge on any atom is -0.490 e. The Hall–Kier alpha value is -4.78. The molecular formula is C40H45N3O4. The summed E-state index contributed by atoms with van der Waals surface area (Å²) in [6.07, 6.45) is 2.70. The van der Waals surface area contributed by atoms with Crippen molar-refractivity contribution in [3.05, 3.63) is 135 Å². The summed E-state index contributed by atoms with van der Waals surface area (Å²) < 4.78 is 13.2. The van der Waals surface area contributed by atoms with Gasteiger partial charge in [-0.1, -0.05) is 113 Å². The molecule has 4 aromatic carbocycles. The van der Waals surface area contributed by atoms with Gasteiger partial charge in [-0.2, -0.15) is 0 Å². The average molecular weight is 632 g/mol.